The molecule has 0 spiro atoms. The van der Waals surface area contributed by atoms with Gasteiger partial charge in [0.1, 0.15) is 0 Å². The fourth-order valence-corrected chi connectivity index (χ4v) is 1.57. The van der Waals surface area contributed by atoms with E-state index in [1.165, 1.54) is 19.1 Å². The lowest BCUT2D eigenvalue weighted by Crippen LogP contribution is -2.38. The highest BCUT2D eigenvalue weighted by molar-refractivity contribution is 9.10. The number of benzene rings is 1. The molecule has 0 aliphatic rings. The predicted molar refractivity (Wildman–Crippen MR) is 67.3 cm³/mol. The van der Waals surface area contributed by atoms with Crippen molar-refractivity contribution in [2.24, 2.45) is 0 Å². The molecule has 0 aliphatic heterocycles. The summed E-state index contributed by atoms with van der Waals surface area (Å²) in [5, 5.41) is 9.14. The molecule has 6 heteroatoms. The zero-order chi connectivity index (χ0) is 12.8. The molecule has 17 heavy (non-hydrogen) atoms. The van der Waals surface area contributed by atoms with E-state index in [4.69, 9.17) is 14.6 Å². The summed E-state index contributed by atoms with van der Waals surface area (Å²) in [5.74, 6) is 0. The van der Waals surface area contributed by atoms with Gasteiger partial charge in [0.05, 0.1) is 6.54 Å². The molecule has 0 saturated heterocycles. The third-order valence-electron chi connectivity index (χ3n) is 2.23. The van der Waals surface area contributed by atoms with Crippen LogP contribution < -0.4 is 4.90 Å². The Bertz CT molecular complexity index is 364. The molecule has 1 rings (SSSR count). The van der Waals surface area contributed by atoms with Gasteiger partial charge in [0.25, 0.3) is 0 Å². The van der Waals surface area contributed by atoms with E-state index in [9.17, 15) is 4.79 Å². The summed E-state index contributed by atoms with van der Waals surface area (Å²) in [5.41, 5.74) is 0.569. The number of carbonyl (C=O) groups is 1. The minimum atomic E-state index is -1.05. The summed E-state index contributed by atoms with van der Waals surface area (Å²) in [4.78, 5) is 12.3. The molecule has 0 aliphatic carbocycles. The highest BCUT2D eigenvalue weighted by Gasteiger charge is 2.19. The van der Waals surface area contributed by atoms with Crippen molar-refractivity contribution in [2.45, 2.75) is 6.29 Å². The maximum absolute atomic E-state index is 11.2. The quantitative estimate of drug-likeness (QED) is 0.849. The van der Waals surface area contributed by atoms with Crippen LogP contribution in [0.3, 0.4) is 0 Å². The molecule has 0 aromatic heterocycles. The van der Waals surface area contributed by atoms with Gasteiger partial charge >= 0.3 is 6.09 Å². The van der Waals surface area contributed by atoms with Gasteiger partial charge in [-0.15, -0.1) is 0 Å². The van der Waals surface area contributed by atoms with Crippen molar-refractivity contribution >= 4 is 27.7 Å². The molecule has 5 nitrogen and oxygen atoms in total. The Hall–Kier alpha value is -1.11. The number of carboxylic acid groups (broad SMARTS) is 1. The Morgan fingerprint density at radius 2 is 1.88 bits per heavy atom. The van der Waals surface area contributed by atoms with E-state index in [-0.39, 0.29) is 6.54 Å². The summed E-state index contributed by atoms with van der Waals surface area (Å²) in [6, 6.07) is 6.97. The van der Waals surface area contributed by atoms with E-state index in [0.29, 0.717) is 5.69 Å². The van der Waals surface area contributed by atoms with Crippen molar-refractivity contribution in [3.8, 4) is 0 Å². The first-order valence-corrected chi connectivity index (χ1v) is 5.69. The first kappa shape index (κ1) is 14.0. The SMILES string of the molecule is COC(CN(C(=O)O)c1ccc(Br)cc1)OC. The smallest absolute Gasteiger partial charge is 0.411 e. The number of ether oxygens (including phenoxy) is 2. The van der Waals surface area contributed by atoms with Crippen molar-refractivity contribution in [1.29, 1.82) is 0 Å². The van der Waals surface area contributed by atoms with Crippen LogP contribution in [-0.4, -0.2) is 38.3 Å². The molecule has 0 heterocycles. The molecule has 1 aromatic rings. The first-order chi connectivity index (χ1) is 8.08. The number of methoxy groups -OCH3 is 2. The molecule has 0 atom stereocenters. The monoisotopic (exact) mass is 303 g/mol. The van der Waals surface area contributed by atoms with Crippen LogP contribution in [0.15, 0.2) is 28.7 Å². The highest BCUT2D eigenvalue weighted by Crippen LogP contribution is 2.19. The average molecular weight is 304 g/mol. The third kappa shape index (κ3) is 3.99. The molecule has 1 N–H and O–H groups in total. The van der Waals surface area contributed by atoms with Gasteiger partial charge in [-0.25, -0.2) is 4.79 Å². The van der Waals surface area contributed by atoms with Gasteiger partial charge in [0, 0.05) is 24.4 Å². The normalized spacial score (nSPS) is 10.6. The zero-order valence-corrected chi connectivity index (χ0v) is 11.2. The second-order valence-electron chi connectivity index (χ2n) is 3.27. The maximum Gasteiger partial charge on any atom is 0.411 e. The molecule has 1 amide bonds. The van der Waals surface area contributed by atoms with E-state index >= 15 is 0 Å². The number of amides is 1. The Balaban J connectivity index is 2.85. The number of rotatable bonds is 5. The van der Waals surface area contributed by atoms with Crippen LogP contribution in [0.4, 0.5) is 10.5 Å². The van der Waals surface area contributed by atoms with E-state index in [1.54, 1.807) is 24.3 Å². The molecule has 0 fully saturated rings. The predicted octanol–water partition coefficient (Wildman–Crippen LogP) is 2.55. The average Bonchev–Trinajstić information content (AvgIpc) is 2.32. The Morgan fingerprint density at radius 3 is 2.29 bits per heavy atom. The second kappa shape index (κ2) is 6.58. The molecule has 1 aromatic carbocycles. The lowest BCUT2D eigenvalue weighted by molar-refractivity contribution is -0.0943. The molecular formula is C11H14BrNO4. The number of hydrogen-bond donors (Lipinski definition) is 1. The summed E-state index contributed by atoms with van der Waals surface area (Å²) in [6.45, 7) is 0.115. The van der Waals surface area contributed by atoms with Gasteiger partial charge in [-0.1, -0.05) is 15.9 Å². The number of halogens is 1. The molecule has 0 saturated carbocycles. The van der Waals surface area contributed by atoms with Gasteiger partial charge in [-0.3, -0.25) is 4.90 Å². The Morgan fingerprint density at radius 1 is 1.35 bits per heavy atom. The number of anilines is 1. The van der Waals surface area contributed by atoms with E-state index < -0.39 is 12.4 Å². The van der Waals surface area contributed by atoms with Crippen molar-refractivity contribution in [2.75, 3.05) is 25.7 Å². The highest BCUT2D eigenvalue weighted by atomic mass is 79.9. The minimum Gasteiger partial charge on any atom is -0.465 e. The first-order valence-electron chi connectivity index (χ1n) is 4.90. The fourth-order valence-electron chi connectivity index (χ4n) is 1.31. The third-order valence-corrected chi connectivity index (χ3v) is 2.76. The van der Waals surface area contributed by atoms with E-state index in [2.05, 4.69) is 15.9 Å². The molecule has 0 radical (unpaired) electrons. The standard InChI is InChI=1S/C11H14BrNO4/c1-16-10(17-2)7-13(11(14)15)9-5-3-8(12)4-6-9/h3-6,10H,7H2,1-2H3,(H,14,15). The molecule has 94 valence electrons. The Labute approximate surface area is 108 Å². The van der Waals surface area contributed by atoms with Gasteiger partial charge in [-0.2, -0.15) is 0 Å². The van der Waals surface area contributed by atoms with Gasteiger partial charge in [-0.05, 0) is 24.3 Å². The lowest BCUT2D eigenvalue weighted by Gasteiger charge is -2.23. The minimum absolute atomic E-state index is 0.115. The summed E-state index contributed by atoms with van der Waals surface area (Å²) >= 11 is 3.29. The molecule has 0 bridgehead atoms. The molecule has 0 unspecified atom stereocenters. The Kier molecular flexibility index (Phi) is 5.40. The van der Waals surface area contributed by atoms with Crippen molar-refractivity contribution < 1.29 is 19.4 Å². The molecular weight excluding hydrogens is 290 g/mol. The van der Waals surface area contributed by atoms with Crippen LogP contribution in [0.25, 0.3) is 0 Å². The van der Waals surface area contributed by atoms with Crippen LogP contribution in [-0.2, 0) is 9.47 Å². The topological polar surface area (TPSA) is 59.0 Å². The lowest BCUT2D eigenvalue weighted by atomic mass is 10.3. The van der Waals surface area contributed by atoms with Gasteiger partial charge in [0.2, 0.25) is 0 Å². The fraction of sp³-hybridized carbons (Fsp3) is 0.364. The van der Waals surface area contributed by atoms with Crippen molar-refractivity contribution in [3.63, 3.8) is 0 Å². The zero-order valence-electron chi connectivity index (χ0n) is 9.59. The van der Waals surface area contributed by atoms with Crippen molar-refractivity contribution in [1.82, 2.24) is 0 Å². The van der Waals surface area contributed by atoms with E-state index in [1.807, 2.05) is 0 Å². The largest absolute Gasteiger partial charge is 0.465 e. The summed E-state index contributed by atoms with van der Waals surface area (Å²) in [7, 11) is 2.94. The van der Waals surface area contributed by atoms with Crippen LogP contribution in [0.1, 0.15) is 0 Å². The van der Waals surface area contributed by atoms with Gasteiger partial charge in [0.15, 0.2) is 6.29 Å². The number of nitrogens with zero attached hydrogens (tertiary/aromatic N) is 1. The summed E-state index contributed by atoms with van der Waals surface area (Å²) in [6.07, 6.45) is -1.64. The second-order valence-corrected chi connectivity index (χ2v) is 4.19. The van der Waals surface area contributed by atoms with Crippen LogP contribution in [0.2, 0.25) is 0 Å². The van der Waals surface area contributed by atoms with Crippen LogP contribution in [0, 0.1) is 0 Å². The van der Waals surface area contributed by atoms with E-state index in [0.717, 1.165) is 4.47 Å². The van der Waals surface area contributed by atoms with Gasteiger partial charge < -0.3 is 14.6 Å². The van der Waals surface area contributed by atoms with Crippen molar-refractivity contribution in [3.05, 3.63) is 28.7 Å². The number of hydrogen-bond acceptors (Lipinski definition) is 3. The van der Waals surface area contributed by atoms with Crippen LogP contribution in [0.5, 0.6) is 0 Å². The van der Waals surface area contributed by atoms with Crippen LogP contribution >= 0.6 is 15.9 Å². The maximum atomic E-state index is 11.2. The summed E-state index contributed by atoms with van der Waals surface area (Å²) < 4.78 is 10.9.